The zero-order chi connectivity index (χ0) is 20.1. The van der Waals surface area contributed by atoms with Crippen LogP contribution in [0.3, 0.4) is 0 Å². The molecule has 168 valence electrons. The molecule has 0 bridgehead atoms. The van der Waals surface area contributed by atoms with E-state index in [4.69, 9.17) is 0 Å². The number of hydrogen-bond acceptors (Lipinski definition) is 0. The molecule has 4 saturated carbocycles. The highest BCUT2D eigenvalue weighted by Gasteiger charge is 2.30. The van der Waals surface area contributed by atoms with Crippen molar-refractivity contribution >= 4 is 0 Å². The van der Waals surface area contributed by atoms with Crippen LogP contribution in [0.4, 0.5) is 0 Å². The van der Waals surface area contributed by atoms with Crippen molar-refractivity contribution in [3.63, 3.8) is 0 Å². The van der Waals surface area contributed by atoms with Crippen LogP contribution in [0.1, 0.15) is 136 Å². The van der Waals surface area contributed by atoms with Gasteiger partial charge in [0, 0.05) is 0 Å². The number of rotatable bonds is 6. The molecule has 0 heterocycles. The van der Waals surface area contributed by atoms with Gasteiger partial charge in [-0.05, 0) is 66.6 Å². The largest absolute Gasteiger partial charge is 0.0625 e. The molecule has 4 aliphatic carbocycles. The van der Waals surface area contributed by atoms with Gasteiger partial charge in [-0.25, -0.2) is 0 Å². The Balaban J connectivity index is 1.08. The van der Waals surface area contributed by atoms with Crippen molar-refractivity contribution in [2.75, 3.05) is 0 Å². The van der Waals surface area contributed by atoms with Crippen LogP contribution in [-0.2, 0) is 0 Å². The molecule has 0 heteroatoms. The van der Waals surface area contributed by atoms with Gasteiger partial charge in [0.1, 0.15) is 0 Å². The molecule has 0 N–H and O–H groups in total. The SMILES string of the molecule is CC1CCC(CC2CCC(CC3CCC(CC4CCC(C)CC4)CC3)CC2)CC1. The molecule has 0 spiro atoms. The monoisotopic (exact) mass is 400 g/mol. The molecule has 0 amide bonds. The van der Waals surface area contributed by atoms with Gasteiger partial charge in [-0.1, -0.05) is 117 Å². The Labute approximate surface area is 183 Å². The summed E-state index contributed by atoms with van der Waals surface area (Å²) in [5, 5.41) is 0. The van der Waals surface area contributed by atoms with Crippen molar-refractivity contribution in [1.29, 1.82) is 0 Å². The second kappa shape index (κ2) is 11.0. The fraction of sp³-hybridized carbons (Fsp3) is 1.00. The third-order valence-corrected chi connectivity index (χ3v) is 10.2. The summed E-state index contributed by atoms with van der Waals surface area (Å²) in [5.74, 6) is 8.60. The van der Waals surface area contributed by atoms with E-state index in [1.165, 1.54) is 25.7 Å². The predicted octanol–water partition coefficient (Wildman–Crippen LogP) is 9.42. The normalized spacial score (nSPS) is 44.5. The van der Waals surface area contributed by atoms with E-state index in [2.05, 4.69) is 13.8 Å². The zero-order valence-electron chi connectivity index (χ0n) is 20.1. The highest BCUT2D eigenvalue weighted by Crippen LogP contribution is 2.43. The van der Waals surface area contributed by atoms with Crippen LogP contribution in [0.25, 0.3) is 0 Å². The van der Waals surface area contributed by atoms with Crippen molar-refractivity contribution in [2.45, 2.75) is 136 Å². The molecule has 4 fully saturated rings. The first-order valence-corrected chi connectivity index (χ1v) is 14.1. The second-order valence-electron chi connectivity index (χ2n) is 12.7. The average Bonchev–Trinajstić information content (AvgIpc) is 2.74. The maximum atomic E-state index is 2.46. The predicted molar refractivity (Wildman–Crippen MR) is 127 cm³/mol. The van der Waals surface area contributed by atoms with E-state index in [0.717, 1.165) is 47.3 Å². The lowest BCUT2D eigenvalue weighted by Gasteiger charge is -2.37. The molecule has 0 aromatic carbocycles. The first kappa shape index (κ1) is 22.2. The minimum Gasteiger partial charge on any atom is -0.0625 e. The van der Waals surface area contributed by atoms with Crippen LogP contribution >= 0.6 is 0 Å². The molecule has 4 aliphatic rings. The van der Waals surface area contributed by atoms with E-state index >= 15 is 0 Å². The van der Waals surface area contributed by atoms with Crippen LogP contribution in [0, 0.1) is 47.3 Å². The van der Waals surface area contributed by atoms with E-state index < -0.39 is 0 Å². The summed E-state index contributed by atoms with van der Waals surface area (Å²) < 4.78 is 0. The summed E-state index contributed by atoms with van der Waals surface area (Å²) in [6.45, 7) is 4.93. The summed E-state index contributed by atoms with van der Waals surface area (Å²) in [4.78, 5) is 0. The van der Waals surface area contributed by atoms with Gasteiger partial charge in [-0.15, -0.1) is 0 Å². The van der Waals surface area contributed by atoms with E-state index in [-0.39, 0.29) is 0 Å². The van der Waals surface area contributed by atoms with Crippen molar-refractivity contribution in [2.24, 2.45) is 47.3 Å². The minimum absolute atomic E-state index is 1.02. The highest BCUT2D eigenvalue weighted by molar-refractivity contribution is 4.82. The van der Waals surface area contributed by atoms with Gasteiger partial charge in [0.25, 0.3) is 0 Å². The molecular weight excluding hydrogens is 348 g/mol. The van der Waals surface area contributed by atoms with Gasteiger partial charge in [-0.3, -0.25) is 0 Å². The van der Waals surface area contributed by atoms with Gasteiger partial charge in [0.15, 0.2) is 0 Å². The van der Waals surface area contributed by atoms with E-state index in [1.807, 2.05) is 0 Å². The van der Waals surface area contributed by atoms with Crippen molar-refractivity contribution in [3.8, 4) is 0 Å². The van der Waals surface area contributed by atoms with E-state index in [9.17, 15) is 0 Å². The molecule has 0 atom stereocenters. The molecule has 4 rings (SSSR count). The van der Waals surface area contributed by atoms with E-state index in [1.54, 1.807) is 96.3 Å². The van der Waals surface area contributed by atoms with Gasteiger partial charge in [0.2, 0.25) is 0 Å². The molecule has 0 aromatic heterocycles. The van der Waals surface area contributed by atoms with Gasteiger partial charge in [0.05, 0.1) is 0 Å². The number of hydrogen-bond donors (Lipinski definition) is 0. The zero-order valence-corrected chi connectivity index (χ0v) is 20.1. The Morgan fingerprint density at radius 1 is 0.310 bits per heavy atom. The summed E-state index contributed by atoms with van der Waals surface area (Å²) in [5.41, 5.74) is 0. The highest BCUT2D eigenvalue weighted by atomic mass is 14.4. The third-order valence-electron chi connectivity index (χ3n) is 10.2. The topological polar surface area (TPSA) is 0 Å². The summed E-state index contributed by atoms with van der Waals surface area (Å²) in [6, 6.07) is 0. The maximum absolute atomic E-state index is 2.46. The lowest BCUT2D eigenvalue weighted by atomic mass is 9.69. The first-order chi connectivity index (χ1) is 14.1. The van der Waals surface area contributed by atoms with Gasteiger partial charge >= 0.3 is 0 Å². The average molecular weight is 401 g/mol. The summed E-state index contributed by atoms with van der Waals surface area (Å²) >= 11 is 0. The Morgan fingerprint density at radius 3 is 0.690 bits per heavy atom. The fourth-order valence-corrected chi connectivity index (χ4v) is 7.95. The molecule has 0 saturated heterocycles. The fourth-order valence-electron chi connectivity index (χ4n) is 7.95. The lowest BCUT2D eigenvalue weighted by molar-refractivity contribution is 0.154. The maximum Gasteiger partial charge on any atom is -0.0411 e. The van der Waals surface area contributed by atoms with Crippen molar-refractivity contribution < 1.29 is 0 Å². The van der Waals surface area contributed by atoms with Crippen LogP contribution in [-0.4, -0.2) is 0 Å². The Bertz CT molecular complexity index is 393. The third kappa shape index (κ3) is 7.00. The molecule has 0 aliphatic heterocycles. The summed E-state index contributed by atoms with van der Waals surface area (Å²) in [7, 11) is 0. The standard InChI is InChI=1S/C29H52/c1-22-3-7-24(8-4-22)19-26-11-15-28(16-12-26)21-29-17-13-27(14-18-29)20-25-9-5-23(2)6-10-25/h22-29H,3-21H2,1-2H3. The molecule has 0 nitrogen and oxygen atoms in total. The Hall–Kier alpha value is 0. The van der Waals surface area contributed by atoms with Crippen molar-refractivity contribution in [1.82, 2.24) is 0 Å². The van der Waals surface area contributed by atoms with Crippen molar-refractivity contribution in [3.05, 3.63) is 0 Å². The van der Waals surface area contributed by atoms with Crippen LogP contribution in [0.2, 0.25) is 0 Å². The lowest BCUT2D eigenvalue weighted by Crippen LogP contribution is -2.24. The molecular formula is C29H52. The quantitative estimate of drug-likeness (QED) is 0.416. The second-order valence-corrected chi connectivity index (χ2v) is 12.7. The van der Waals surface area contributed by atoms with E-state index in [0.29, 0.717) is 0 Å². The molecule has 29 heavy (non-hydrogen) atoms. The smallest absolute Gasteiger partial charge is 0.0411 e. The van der Waals surface area contributed by atoms with Gasteiger partial charge < -0.3 is 0 Å². The Morgan fingerprint density at radius 2 is 0.483 bits per heavy atom. The summed E-state index contributed by atoms with van der Waals surface area (Å²) in [6.07, 6.45) is 29.6. The molecule has 0 unspecified atom stereocenters. The first-order valence-electron chi connectivity index (χ1n) is 14.1. The molecule has 0 aromatic rings. The Kier molecular flexibility index (Phi) is 8.45. The van der Waals surface area contributed by atoms with Crippen LogP contribution in [0.5, 0.6) is 0 Å². The molecule has 0 radical (unpaired) electrons. The van der Waals surface area contributed by atoms with Crippen LogP contribution < -0.4 is 0 Å². The van der Waals surface area contributed by atoms with Gasteiger partial charge in [-0.2, -0.15) is 0 Å². The minimum atomic E-state index is 1.02. The van der Waals surface area contributed by atoms with Crippen LogP contribution in [0.15, 0.2) is 0 Å².